The van der Waals surface area contributed by atoms with Gasteiger partial charge in [-0.1, -0.05) is 84.3 Å². The van der Waals surface area contributed by atoms with Gasteiger partial charge in [0.1, 0.15) is 5.78 Å². The highest BCUT2D eigenvalue weighted by Crippen LogP contribution is 2.70. The zero-order valence-corrected chi connectivity index (χ0v) is 28.7. The highest BCUT2D eigenvalue weighted by atomic mass is 16.2. The average Bonchev–Trinajstić information content (AvgIpc) is 2.89. The lowest BCUT2D eigenvalue weighted by atomic mass is 9.36. The maximum atomic E-state index is 14.8. The van der Waals surface area contributed by atoms with E-state index in [2.05, 4.69) is 81.4 Å². The van der Waals surface area contributed by atoms with Crippen molar-refractivity contribution >= 4 is 17.3 Å². The molecular formula is C39H58O3. The number of fused-ring (bicyclic) bond motifs is 3. The zero-order valence-electron chi connectivity index (χ0n) is 28.7. The van der Waals surface area contributed by atoms with Crippen LogP contribution in [0.5, 0.6) is 0 Å². The largest absolute Gasteiger partial charge is 0.299 e. The van der Waals surface area contributed by atoms with Crippen molar-refractivity contribution in [3.63, 3.8) is 0 Å². The molecule has 0 aromatic rings. The fourth-order valence-electron chi connectivity index (χ4n) is 11.9. The van der Waals surface area contributed by atoms with Crippen LogP contribution in [-0.4, -0.2) is 17.3 Å². The summed E-state index contributed by atoms with van der Waals surface area (Å²) in [7, 11) is 0. The van der Waals surface area contributed by atoms with Gasteiger partial charge in [0, 0.05) is 17.3 Å². The molecule has 0 radical (unpaired) electrons. The quantitative estimate of drug-likeness (QED) is 0.248. The van der Waals surface area contributed by atoms with Crippen molar-refractivity contribution in [2.75, 3.05) is 0 Å². The summed E-state index contributed by atoms with van der Waals surface area (Å²) >= 11 is 0. The second-order valence-corrected chi connectivity index (χ2v) is 16.8. The van der Waals surface area contributed by atoms with Crippen molar-refractivity contribution in [3.8, 4) is 0 Å². The first kappa shape index (κ1) is 31.6. The Morgan fingerprint density at radius 2 is 1.55 bits per heavy atom. The summed E-state index contributed by atoms with van der Waals surface area (Å²) in [5, 5.41) is 0. The number of rotatable bonds is 4. The standard InChI is InChI=1S/C39H58O3/c1-20-13-14-29(15-16-30-25(6)23(4)22(3)24(5)26(30)7)31-18-37(10)19-38(11)17-21(2)32(28(9)40)36(42)39(38,12)27(8)34(37)35(41)33(20)31/h13-14,20,22-23,25,27,29-31,33-34H,15-19H2,1-12H3. The van der Waals surface area contributed by atoms with Crippen LogP contribution in [-0.2, 0) is 14.4 Å². The van der Waals surface area contributed by atoms with E-state index in [0.29, 0.717) is 46.9 Å². The molecule has 5 rings (SSSR count). The van der Waals surface area contributed by atoms with E-state index in [1.807, 2.05) is 6.92 Å². The zero-order chi connectivity index (χ0) is 31.3. The van der Waals surface area contributed by atoms with E-state index in [4.69, 9.17) is 0 Å². The van der Waals surface area contributed by atoms with Crippen LogP contribution in [0.3, 0.4) is 0 Å². The van der Waals surface area contributed by atoms with E-state index in [-0.39, 0.29) is 46.1 Å². The Kier molecular flexibility index (Phi) is 7.84. The number of allylic oxidation sites excluding steroid dienone is 6. The van der Waals surface area contributed by atoms with Crippen molar-refractivity contribution in [1.29, 1.82) is 0 Å². The van der Waals surface area contributed by atoms with Gasteiger partial charge < -0.3 is 0 Å². The minimum absolute atomic E-state index is 0.0101. The minimum atomic E-state index is -0.708. The summed E-state index contributed by atoms with van der Waals surface area (Å²) in [4.78, 5) is 41.6. The monoisotopic (exact) mass is 574 g/mol. The van der Waals surface area contributed by atoms with Crippen LogP contribution in [0.2, 0.25) is 0 Å². The molecule has 0 bridgehead atoms. The molecule has 3 heteroatoms. The highest BCUT2D eigenvalue weighted by Gasteiger charge is 2.69. The lowest BCUT2D eigenvalue weighted by Gasteiger charge is -2.66. The number of hydrogen-bond acceptors (Lipinski definition) is 3. The number of Topliss-reactive ketones (excluding diaryl/α,β-unsaturated/α-hetero) is 3. The third-order valence-corrected chi connectivity index (χ3v) is 14.8. The van der Waals surface area contributed by atoms with Gasteiger partial charge in [-0.2, -0.15) is 0 Å². The number of hydrogen-bond donors (Lipinski definition) is 0. The third kappa shape index (κ3) is 4.28. The topological polar surface area (TPSA) is 51.2 Å². The van der Waals surface area contributed by atoms with E-state index in [9.17, 15) is 14.4 Å². The van der Waals surface area contributed by atoms with Gasteiger partial charge in [0.2, 0.25) is 0 Å². The van der Waals surface area contributed by atoms with Gasteiger partial charge in [0.15, 0.2) is 11.6 Å². The molecule has 0 aromatic heterocycles. The third-order valence-electron chi connectivity index (χ3n) is 14.8. The average molecular weight is 575 g/mol. The molecule has 2 saturated carbocycles. The summed E-state index contributed by atoms with van der Waals surface area (Å²) in [6.07, 6.45) is 9.84. The predicted molar refractivity (Wildman–Crippen MR) is 172 cm³/mol. The summed E-state index contributed by atoms with van der Waals surface area (Å²) in [6, 6.07) is 0. The normalized spacial score (nSPS) is 49.0. The van der Waals surface area contributed by atoms with Gasteiger partial charge >= 0.3 is 0 Å². The van der Waals surface area contributed by atoms with Gasteiger partial charge in [-0.3, -0.25) is 14.4 Å². The molecule has 0 saturated heterocycles. The fourth-order valence-corrected chi connectivity index (χ4v) is 11.9. The van der Waals surface area contributed by atoms with Crippen molar-refractivity contribution in [2.45, 2.75) is 115 Å². The first-order valence-electron chi connectivity index (χ1n) is 17.1. The van der Waals surface area contributed by atoms with Crippen LogP contribution in [0.4, 0.5) is 0 Å². The van der Waals surface area contributed by atoms with E-state index in [0.717, 1.165) is 31.3 Å². The Balaban J connectivity index is 1.47. The van der Waals surface area contributed by atoms with Crippen LogP contribution in [0.1, 0.15) is 115 Å². The first-order valence-corrected chi connectivity index (χ1v) is 17.1. The Hall–Kier alpha value is -1.77. The van der Waals surface area contributed by atoms with Crippen molar-refractivity contribution in [3.05, 3.63) is 34.4 Å². The first-order chi connectivity index (χ1) is 19.4. The smallest absolute Gasteiger partial charge is 0.173 e. The van der Waals surface area contributed by atoms with Crippen molar-refractivity contribution < 1.29 is 14.4 Å². The maximum Gasteiger partial charge on any atom is 0.173 e. The Labute approximate surface area is 256 Å². The van der Waals surface area contributed by atoms with E-state index in [1.165, 1.54) is 13.3 Å². The molecule has 0 aromatic carbocycles. The molecule has 0 aliphatic heterocycles. The molecule has 0 amide bonds. The van der Waals surface area contributed by atoms with Gasteiger partial charge in [0.25, 0.3) is 0 Å². The molecule has 3 nitrogen and oxygen atoms in total. The van der Waals surface area contributed by atoms with Crippen LogP contribution in [0.25, 0.3) is 0 Å². The highest BCUT2D eigenvalue weighted by molar-refractivity contribution is 6.22. The van der Waals surface area contributed by atoms with Crippen molar-refractivity contribution in [1.82, 2.24) is 0 Å². The predicted octanol–water partition coefficient (Wildman–Crippen LogP) is 9.22. The Morgan fingerprint density at radius 3 is 2.17 bits per heavy atom. The molecule has 2 fully saturated rings. The van der Waals surface area contributed by atoms with Crippen molar-refractivity contribution in [2.24, 2.45) is 75.4 Å². The molecule has 0 heterocycles. The van der Waals surface area contributed by atoms with Gasteiger partial charge in [-0.25, -0.2) is 0 Å². The van der Waals surface area contributed by atoms with Crippen LogP contribution in [0, 0.1) is 75.4 Å². The second kappa shape index (κ2) is 10.4. The minimum Gasteiger partial charge on any atom is -0.299 e. The Morgan fingerprint density at radius 1 is 0.905 bits per heavy atom. The molecule has 0 spiro atoms. The molecule has 0 N–H and O–H groups in total. The fraction of sp³-hybridized carbons (Fsp3) is 0.769. The lowest BCUT2D eigenvalue weighted by Crippen LogP contribution is -2.66. The van der Waals surface area contributed by atoms with E-state index < -0.39 is 5.41 Å². The molecule has 42 heavy (non-hydrogen) atoms. The van der Waals surface area contributed by atoms with Gasteiger partial charge in [-0.05, 0) is 118 Å². The summed E-state index contributed by atoms with van der Waals surface area (Å²) in [5.74, 6) is 3.73. The summed E-state index contributed by atoms with van der Waals surface area (Å²) in [6.45, 7) is 26.7. The van der Waals surface area contributed by atoms with Crippen LogP contribution in [0.15, 0.2) is 34.4 Å². The summed E-state index contributed by atoms with van der Waals surface area (Å²) < 4.78 is 0. The molecule has 13 atom stereocenters. The maximum absolute atomic E-state index is 14.8. The number of carbonyl (C=O) groups is 3. The number of carbonyl (C=O) groups excluding carboxylic acids is 3. The molecule has 5 aliphatic rings. The van der Waals surface area contributed by atoms with Gasteiger partial charge in [-0.15, -0.1) is 0 Å². The van der Waals surface area contributed by atoms with E-state index in [1.54, 1.807) is 11.1 Å². The SMILES string of the molecule is CC(=O)C1=C(C)CC2(C)CC3(C)CC4C(CCC5C(C)=C(C)C(C)C(C)C5C)C=CC(C)C4C(=O)C3C(C)C2(C)C1=O. The van der Waals surface area contributed by atoms with Crippen LogP contribution >= 0.6 is 0 Å². The Bertz CT molecular complexity index is 1280. The van der Waals surface area contributed by atoms with Crippen LogP contribution < -0.4 is 0 Å². The van der Waals surface area contributed by atoms with Gasteiger partial charge in [0.05, 0.1) is 5.57 Å². The van der Waals surface area contributed by atoms with E-state index >= 15 is 0 Å². The molecule has 232 valence electrons. The summed E-state index contributed by atoms with van der Waals surface area (Å²) in [5.41, 5.74) is 3.43. The molecule has 13 unspecified atom stereocenters. The second-order valence-electron chi connectivity index (χ2n) is 16.8. The molecular weight excluding hydrogens is 516 g/mol. The lowest BCUT2D eigenvalue weighted by molar-refractivity contribution is -0.185. The number of ketones is 3. The molecule has 5 aliphatic carbocycles.